The molecule has 19 heavy (non-hydrogen) atoms. The molecule has 0 saturated carbocycles. The molecular weight excluding hydrogens is 307 g/mol. The molecule has 0 aliphatic rings. The summed E-state index contributed by atoms with van der Waals surface area (Å²) in [6.45, 7) is 2.61. The third-order valence-electron chi connectivity index (χ3n) is 3.06. The second-order valence-corrected chi connectivity index (χ2v) is 5.50. The maximum absolute atomic E-state index is 13.2. The Kier molecular flexibility index (Phi) is 4.10. The molecule has 2 aromatic rings. The van der Waals surface area contributed by atoms with Crippen LogP contribution in [0.1, 0.15) is 11.1 Å². The molecule has 0 aliphatic carbocycles. The van der Waals surface area contributed by atoms with Crippen LogP contribution in [-0.2, 0) is 6.54 Å². The third kappa shape index (κ3) is 3.26. The molecule has 4 heteroatoms. The summed E-state index contributed by atoms with van der Waals surface area (Å²) in [6.07, 6.45) is 0. The lowest BCUT2D eigenvalue weighted by molar-refractivity contribution is 0.625. The van der Waals surface area contributed by atoms with E-state index in [1.165, 1.54) is 6.07 Å². The number of nitrogens with zero attached hydrogens (tertiary/aromatic N) is 1. The first kappa shape index (κ1) is 13.9. The van der Waals surface area contributed by atoms with Gasteiger partial charge in [0, 0.05) is 23.8 Å². The van der Waals surface area contributed by atoms with Crippen molar-refractivity contribution in [3.05, 3.63) is 57.8 Å². The number of rotatable bonds is 3. The summed E-state index contributed by atoms with van der Waals surface area (Å²) >= 11 is 3.51. The van der Waals surface area contributed by atoms with Gasteiger partial charge in [-0.2, -0.15) is 0 Å². The highest BCUT2D eigenvalue weighted by atomic mass is 79.9. The Balaban J connectivity index is 2.25. The summed E-state index contributed by atoms with van der Waals surface area (Å²) in [7, 11) is 1.97. The van der Waals surface area contributed by atoms with Gasteiger partial charge in [0.05, 0.1) is 5.69 Å². The SMILES string of the molecule is Cc1cc(N(C)Cc2cccc(F)c2)c(Br)cc1N. The largest absolute Gasteiger partial charge is 0.398 e. The Morgan fingerprint density at radius 1 is 1.26 bits per heavy atom. The zero-order valence-corrected chi connectivity index (χ0v) is 12.5. The molecule has 0 fully saturated rings. The van der Waals surface area contributed by atoms with Gasteiger partial charge in [0.1, 0.15) is 5.82 Å². The van der Waals surface area contributed by atoms with Gasteiger partial charge in [-0.3, -0.25) is 0 Å². The van der Waals surface area contributed by atoms with E-state index in [-0.39, 0.29) is 5.82 Å². The van der Waals surface area contributed by atoms with Crippen molar-refractivity contribution in [2.24, 2.45) is 0 Å². The number of hydrogen-bond donors (Lipinski definition) is 1. The van der Waals surface area contributed by atoms with Crippen molar-refractivity contribution in [2.45, 2.75) is 13.5 Å². The van der Waals surface area contributed by atoms with E-state index in [4.69, 9.17) is 5.73 Å². The normalized spacial score (nSPS) is 10.5. The summed E-state index contributed by atoms with van der Waals surface area (Å²) in [5.41, 5.74) is 9.63. The number of benzene rings is 2. The van der Waals surface area contributed by atoms with Crippen LogP contribution in [0.25, 0.3) is 0 Å². The minimum Gasteiger partial charge on any atom is -0.398 e. The topological polar surface area (TPSA) is 29.3 Å². The van der Waals surface area contributed by atoms with Gasteiger partial charge in [-0.05, 0) is 58.2 Å². The summed E-state index contributed by atoms with van der Waals surface area (Å²) < 4.78 is 14.1. The maximum atomic E-state index is 13.2. The molecule has 0 radical (unpaired) electrons. The monoisotopic (exact) mass is 322 g/mol. The number of nitrogen functional groups attached to an aromatic ring is 1. The standard InChI is InChI=1S/C15H16BrFN2/c1-10-6-15(13(16)8-14(10)18)19(2)9-11-4-3-5-12(17)7-11/h3-8H,9,18H2,1-2H3. The van der Waals surface area contributed by atoms with Gasteiger partial charge in [-0.1, -0.05) is 12.1 Å². The van der Waals surface area contributed by atoms with Gasteiger partial charge in [-0.25, -0.2) is 4.39 Å². The number of nitrogens with two attached hydrogens (primary N) is 1. The second kappa shape index (κ2) is 5.61. The Labute approximate surface area is 121 Å². The zero-order valence-electron chi connectivity index (χ0n) is 11.0. The van der Waals surface area contributed by atoms with E-state index in [2.05, 4.69) is 20.8 Å². The second-order valence-electron chi connectivity index (χ2n) is 4.65. The summed E-state index contributed by atoms with van der Waals surface area (Å²) in [4.78, 5) is 2.06. The van der Waals surface area contributed by atoms with E-state index < -0.39 is 0 Å². The van der Waals surface area contributed by atoms with Crippen LogP contribution in [-0.4, -0.2) is 7.05 Å². The molecule has 100 valence electrons. The average Bonchev–Trinajstić information content (AvgIpc) is 2.33. The maximum Gasteiger partial charge on any atom is 0.123 e. The lowest BCUT2D eigenvalue weighted by atomic mass is 10.1. The zero-order chi connectivity index (χ0) is 14.0. The number of aryl methyl sites for hydroxylation is 1. The summed E-state index contributed by atoms with van der Waals surface area (Å²) in [5, 5.41) is 0. The van der Waals surface area contributed by atoms with Crippen molar-refractivity contribution >= 4 is 27.3 Å². The molecule has 0 aliphatic heterocycles. The molecule has 2 N–H and O–H groups in total. The van der Waals surface area contributed by atoms with Gasteiger partial charge in [-0.15, -0.1) is 0 Å². The van der Waals surface area contributed by atoms with Gasteiger partial charge in [0.15, 0.2) is 0 Å². The Bertz CT molecular complexity index is 599. The highest BCUT2D eigenvalue weighted by molar-refractivity contribution is 9.10. The van der Waals surface area contributed by atoms with E-state index in [9.17, 15) is 4.39 Å². The van der Waals surface area contributed by atoms with Crippen LogP contribution in [0.15, 0.2) is 40.9 Å². The summed E-state index contributed by atoms with van der Waals surface area (Å²) in [6, 6.07) is 10.6. The molecule has 2 rings (SSSR count). The highest BCUT2D eigenvalue weighted by Gasteiger charge is 2.09. The molecule has 0 bridgehead atoms. The van der Waals surface area contributed by atoms with E-state index in [1.54, 1.807) is 12.1 Å². The number of anilines is 2. The Hall–Kier alpha value is -1.55. The van der Waals surface area contributed by atoms with Gasteiger partial charge < -0.3 is 10.6 Å². The fraction of sp³-hybridized carbons (Fsp3) is 0.200. The minimum absolute atomic E-state index is 0.210. The van der Waals surface area contributed by atoms with Crippen LogP contribution < -0.4 is 10.6 Å². The van der Waals surface area contributed by atoms with Crippen LogP contribution in [0.4, 0.5) is 15.8 Å². The molecule has 0 spiro atoms. The van der Waals surface area contributed by atoms with Crippen molar-refractivity contribution in [1.29, 1.82) is 0 Å². The smallest absolute Gasteiger partial charge is 0.123 e. The van der Waals surface area contributed by atoms with E-state index in [0.29, 0.717) is 6.54 Å². The number of hydrogen-bond acceptors (Lipinski definition) is 2. The molecule has 2 nitrogen and oxygen atoms in total. The third-order valence-corrected chi connectivity index (χ3v) is 3.69. The van der Waals surface area contributed by atoms with Crippen LogP contribution >= 0.6 is 15.9 Å². The van der Waals surface area contributed by atoms with Crippen LogP contribution in [0, 0.1) is 12.7 Å². The van der Waals surface area contributed by atoms with Crippen molar-refractivity contribution < 1.29 is 4.39 Å². The fourth-order valence-corrected chi connectivity index (χ4v) is 2.63. The van der Waals surface area contributed by atoms with Gasteiger partial charge in [0.25, 0.3) is 0 Å². The average molecular weight is 323 g/mol. The quantitative estimate of drug-likeness (QED) is 0.861. The van der Waals surface area contributed by atoms with E-state index in [0.717, 1.165) is 27.0 Å². The van der Waals surface area contributed by atoms with Crippen LogP contribution in [0.2, 0.25) is 0 Å². The fourth-order valence-electron chi connectivity index (χ4n) is 1.97. The first-order valence-corrected chi connectivity index (χ1v) is 6.78. The van der Waals surface area contributed by atoms with Crippen molar-refractivity contribution in [2.75, 3.05) is 17.7 Å². The molecule has 0 heterocycles. The first-order valence-electron chi connectivity index (χ1n) is 5.98. The molecule has 2 aromatic carbocycles. The van der Waals surface area contributed by atoms with Crippen LogP contribution in [0.3, 0.4) is 0 Å². The Morgan fingerprint density at radius 3 is 2.68 bits per heavy atom. The van der Waals surface area contributed by atoms with Crippen molar-refractivity contribution in [1.82, 2.24) is 0 Å². The Morgan fingerprint density at radius 2 is 2.00 bits per heavy atom. The molecule has 0 aromatic heterocycles. The molecular formula is C15H16BrFN2. The lowest BCUT2D eigenvalue weighted by Gasteiger charge is -2.22. The van der Waals surface area contributed by atoms with Gasteiger partial charge >= 0.3 is 0 Å². The predicted molar refractivity (Wildman–Crippen MR) is 81.8 cm³/mol. The molecule has 0 saturated heterocycles. The minimum atomic E-state index is -0.210. The lowest BCUT2D eigenvalue weighted by Crippen LogP contribution is -2.17. The van der Waals surface area contributed by atoms with Crippen molar-refractivity contribution in [3.63, 3.8) is 0 Å². The molecule has 0 unspecified atom stereocenters. The molecule has 0 atom stereocenters. The number of halogens is 2. The van der Waals surface area contributed by atoms with Crippen molar-refractivity contribution in [3.8, 4) is 0 Å². The first-order chi connectivity index (χ1) is 8.97. The van der Waals surface area contributed by atoms with E-state index in [1.807, 2.05) is 32.2 Å². The van der Waals surface area contributed by atoms with E-state index >= 15 is 0 Å². The highest BCUT2D eigenvalue weighted by Crippen LogP contribution is 2.31. The molecule has 0 amide bonds. The van der Waals surface area contributed by atoms with Crippen LogP contribution in [0.5, 0.6) is 0 Å². The van der Waals surface area contributed by atoms with Gasteiger partial charge in [0.2, 0.25) is 0 Å². The summed E-state index contributed by atoms with van der Waals surface area (Å²) in [5.74, 6) is -0.210. The predicted octanol–water partition coefficient (Wildman–Crippen LogP) is 4.12.